The smallest absolute Gasteiger partial charge is 0.273 e. The van der Waals surface area contributed by atoms with Crippen LogP contribution in [0.2, 0.25) is 0 Å². The van der Waals surface area contributed by atoms with Gasteiger partial charge >= 0.3 is 0 Å². The van der Waals surface area contributed by atoms with Gasteiger partial charge in [-0.3, -0.25) is 9.78 Å². The van der Waals surface area contributed by atoms with Crippen LogP contribution in [0.5, 0.6) is 0 Å². The minimum Gasteiger partial charge on any atom is -0.398 e. The molecular weight excluding hydrogens is 244 g/mol. The molecule has 0 bridgehead atoms. The van der Waals surface area contributed by atoms with Gasteiger partial charge in [-0.1, -0.05) is 12.1 Å². The number of aromatic nitrogens is 2. The van der Waals surface area contributed by atoms with Crippen LogP contribution in [-0.4, -0.2) is 21.7 Å². The lowest BCUT2D eigenvalue weighted by molar-refractivity contribution is 0.0955. The Kier molecular flexibility index (Phi) is 3.67. The number of rotatable bonds is 3. The van der Waals surface area contributed by atoms with Crippen LogP contribution in [0.4, 0.5) is 5.69 Å². The Morgan fingerprint density at radius 1 is 1.26 bits per heavy atom. The molecule has 0 atom stereocenters. The maximum absolute atomic E-state index is 11.8. The van der Waals surface area contributed by atoms with E-state index in [4.69, 9.17) is 11.5 Å². The zero-order chi connectivity index (χ0) is 13.7. The predicted octanol–water partition coefficient (Wildman–Crippen LogP) is 0.109. The molecular formula is C12H12N6O. The number of benzene rings is 1. The number of anilines is 1. The van der Waals surface area contributed by atoms with E-state index in [1.807, 2.05) is 0 Å². The molecule has 1 heterocycles. The van der Waals surface area contributed by atoms with Crippen molar-refractivity contribution in [1.29, 1.82) is 0 Å². The first-order valence-electron chi connectivity index (χ1n) is 5.43. The summed E-state index contributed by atoms with van der Waals surface area (Å²) in [5, 5.41) is 3.75. The van der Waals surface area contributed by atoms with Gasteiger partial charge < -0.3 is 11.5 Å². The Morgan fingerprint density at radius 3 is 2.74 bits per heavy atom. The molecule has 19 heavy (non-hydrogen) atoms. The maximum atomic E-state index is 11.8. The number of amidine groups is 1. The Bertz CT molecular complexity index is 611. The molecule has 7 heteroatoms. The van der Waals surface area contributed by atoms with Gasteiger partial charge in [0.1, 0.15) is 5.69 Å². The highest BCUT2D eigenvalue weighted by atomic mass is 16.2. The number of hydrazone groups is 1. The molecule has 0 fully saturated rings. The Hall–Kier alpha value is -2.96. The van der Waals surface area contributed by atoms with Crippen LogP contribution in [0.3, 0.4) is 0 Å². The number of nitrogens with one attached hydrogen (secondary N) is 1. The number of amides is 1. The van der Waals surface area contributed by atoms with Gasteiger partial charge in [-0.2, -0.15) is 5.10 Å². The van der Waals surface area contributed by atoms with Crippen molar-refractivity contribution in [2.75, 3.05) is 5.73 Å². The molecule has 2 aromatic rings. The Labute approximate surface area is 109 Å². The number of carbonyl (C=O) groups is 1. The zero-order valence-electron chi connectivity index (χ0n) is 9.95. The molecule has 2 rings (SSSR count). The van der Waals surface area contributed by atoms with Crippen molar-refractivity contribution in [3.63, 3.8) is 0 Å². The second-order valence-electron chi connectivity index (χ2n) is 3.62. The summed E-state index contributed by atoms with van der Waals surface area (Å²) in [6.45, 7) is 0. The summed E-state index contributed by atoms with van der Waals surface area (Å²) in [6, 6.07) is 6.67. The van der Waals surface area contributed by atoms with E-state index in [-0.39, 0.29) is 5.84 Å². The highest BCUT2D eigenvalue weighted by Crippen LogP contribution is 2.09. The molecule has 1 amide bonds. The fourth-order valence-electron chi connectivity index (χ4n) is 1.36. The largest absolute Gasteiger partial charge is 0.398 e. The summed E-state index contributed by atoms with van der Waals surface area (Å²) < 4.78 is 0. The summed E-state index contributed by atoms with van der Waals surface area (Å²) >= 11 is 0. The minimum atomic E-state index is -0.440. The van der Waals surface area contributed by atoms with E-state index in [1.54, 1.807) is 24.3 Å². The molecule has 5 N–H and O–H groups in total. The number of carbonyl (C=O) groups excluding carboxylic acids is 1. The van der Waals surface area contributed by atoms with Crippen LogP contribution >= 0.6 is 0 Å². The molecule has 7 nitrogen and oxygen atoms in total. The van der Waals surface area contributed by atoms with Gasteiger partial charge in [0.2, 0.25) is 0 Å². The van der Waals surface area contributed by atoms with Gasteiger partial charge in [0.05, 0.1) is 11.8 Å². The van der Waals surface area contributed by atoms with E-state index in [1.165, 1.54) is 18.6 Å². The lowest BCUT2D eigenvalue weighted by atomic mass is 10.2. The van der Waals surface area contributed by atoms with Crippen LogP contribution in [-0.2, 0) is 0 Å². The van der Waals surface area contributed by atoms with E-state index >= 15 is 0 Å². The molecule has 0 saturated carbocycles. The van der Waals surface area contributed by atoms with E-state index in [2.05, 4.69) is 20.5 Å². The van der Waals surface area contributed by atoms with Crippen LogP contribution in [0.25, 0.3) is 0 Å². The molecule has 1 aromatic heterocycles. The van der Waals surface area contributed by atoms with Crippen molar-refractivity contribution in [2.24, 2.45) is 10.8 Å². The monoisotopic (exact) mass is 256 g/mol. The molecule has 0 aliphatic rings. The molecule has 96 valence electrons. The third kappa shape index (κ3) is 3.03. The number of para-hydroxylation sites is 1. The van der Waals surface area contributed by atoms with Gasteiger partial charge in [0.15, 0.2) is 5.84 Å². The fourth-order valence-corrected chi connectivity index (χ4v) is 1.36. The summed E-state index contributed by atoms with van der Waals surface area (Å²) in [5.41, 5.74) is 14.7. The second kappa shape index (κ2) is 5.58. The third-order valence-electron chi connectivity index (χ3n) is 2.31. The van der Waals surface area contributed by atoms with Crippen molar-refractivity contribution in [3.05, 3.63) is 54.1 Å². The normalized spacial score (nSPS) is 11.1. The SMILES string of the molecule is N/C(=N/NC(=O)c1ccccc1N)c1cnccn1. The third-order valence-corrected chi connectivity index (χ3v) is 2.31. The van der Waals surface area contributed by atoms with Gasteiger partial charge in [0, 0.05) is 18.1 Å². The lowest BCUT2D eigenvalue weighted by Crippen LogP contribution is -2.25. The number of nitrogens with zero attached hydrogens (tertiary/aromatic N) is 3. The van der Waals surface area contributed by atoms with Crippen molar-refractivity contribution in [3.8, 4) is 0 Å². The van der Waals surface area contributed by atoms with Crippen LogP contribution < -0.4 is 16.9 Å². The van der Waals surface area contributed by atoms with Crippen molar-refractivity contribution >= 4 is 17.4 Å². The molecule has 0 aliphatic carbocycles. The first-order valence-corrected chi connectivity index (χ1v) is 5.43. The summed E-state index contributed by atoms with van der Waals surface area (Å²) in [6.07, 6.45) is 4.44. The minimum absolute atomic E-state index is 0.0657. The molecule has 0 radical (unpaired) electrons. The van der Waals surface area contributed by atoms with Crippen LogP contribution in [0.15, 0.2) is 48.0 Å². The summed E-state index contributed by atoms with van der Waals surface area (Å²) in [7, 11) is 0. The molecule has 0 spiro atoms. The average Bonchev–Trinajstić information content (AvgIpc) is 2.46. The number of hydrogen-bond donors (Lipinski definition) is 3. The van der Waals surface area contributed by atoms with Crippen LogP contribution in [0, 0.1) is 0 Å². The van der Waals surface area contributed by atoms with E-state index in [0.717, 1.165) is 0 Å². The fraction of sp³-hybridized carbons (Fsp3) is 0. The topological polar surface area (TPSA) is 119 Å². The molecule has 1 aromatic carbocycles. The Balaban J connectivity index is 2.11. The number of nitrogen functional groups attached to an aromatic ring is 1. The van der Waals surface area contributed by atoms with E-state index in [9.17, 15) is 4.79 Å². The Morgan fingerprint density at radius 2 is 2.05 bits per heavy atom. The molecule has 0 saturated heterocycles. The molecule has 0 aliphatic heterocycles. The first-order chi connectivity index (χ1) is 9.18. The zero-order valence-corrected chi connectivity index (χ0v) is 9.95. The quantitative estimate of drug-likeness (QED) is 0.311. The van der Waals surface area contributed by atoms with Gasteiger partial charge in [0.25, 0.3) is 5.91 Å². The molecule has 0 unspecified atom stereocenters. The van der Waals surface area contributed by atoms with E-state index in [0.29, 0.717) is 16.9 Å². The van der Waals surface area contributed by atoms with Crippen molar-refractivity contribution in [1.82, 2.24) is 15.4 Å². The van der Waals surface area contributed by atoms with Crippen molar-refractivity contribution < 1.29 is 4.79 Å². The van der Waals surface area contributed by atoms with Gasteiger partial charge in [-0.05, 0) is 12.1 Å². The van der Waals surface area contributed by atoms with Gasteiger partial charge in [-0.15, -0.1) is 0 Å². The first kappa shape index (κ1) is 12.5. The van der Waals surface area contributed by atoms with Crippen LogP contribution in [0.1, 0.15) is 16.1 Å². The summed E-state index contributed by atoms with van der Waals surface area (Å²) in [4.78, 5) is 19.6. The number of nitrogens with two attached hydrogens (primary N) is 2. The van der Waals surface area contributed by atoms with Gasteiger partial charge in [-0.25, -0.2) is 10.4 Å². The highest BCUT2D eigenvalue weighted by molar-refractivity contribution is 6.01. The summed E-state index contributed by atoms with van der Waals surface area (Å²) in [5.74, 6) is -0.374. The number of hydrogen-bond acceptors (Lipinski definition) is 5. The van der Waals surface area contributed by atoms with E-state index < -0.39 is 5.91 Å². The maximum Gasteiger partial charge on any atom is 0.273 e. The predicted molar refractivity (Wildman–Crippen MR) is 71.1 cm³/mol. The van der Waals surface area contributed by atoms with Crippen molar-refractivity contribution in [2.45, 2.75) is 0 Å². The standard InChI is InChI=1S/C12H12N6O/c13-9-4-2-1-3-8(9)12(19)18-17-11(14)10-7-15-5-6-16-10/h1-7H,13H2,(H2,14,17)(H,18,19). The lowest BCUT2D eigenvalue weighted by Gasteiger charge is -2.04. The average molecular weight is 256 g/mol. The second-order valence-corrected chi connectivity index (χ2v) is 3.62. The highest BCUT2D eigenvalue weighted by Gasteiger charge is 2.08.